The molecule has 1 aromatic heterocycles. The quantitative estimate of drug-likeness (QED) is 0.829. The zero-order chi connectivity index (χ0) is 19.6. The number of anilines is 1. The normalized spacial score (nSPS) is 16.2. The van der Waals surface area contributed by atoms with Gasteiger partial charge in [-0.3, -0.25) is 14.5 Å². The lowest BCUT2D eigenvalue weighted by Gasteiger charge is -2.38. The van der Waals surface area contributed by atoms with Crippen molar-refractivity contribution in [3.63, 3.8) is 0 Å². The summed E-state index contributed by atoms with van der Waals surface area (Å²) in [5.41, 5.74) is 0.782. The second-order valence-electron chi connectivity index (χ2n) is 6.33. The van der Waals surface area contributed by atoms with Crippen molar-refractivity contribution in [1.82, 2.24) is 14.7 Å². The molecule has 0 spiro atoms. The number of aryl methyl sites for hydroxylation is 1. The summed E-state index contributed by atoms with van der Waals surface area (Å²) in [4.78, 5) is 27.4. The van der Waals surface area contributed by atoms with Gasteiger partial charge in [-0.1, -0.05) is 0 Å². The molecular weight excluding hydrogens is 355 g/mol. The standard InChI is InChI=1S/C18H21FN4O4/c1-21-16(24)10-13(11-20-21)22-5-7-23(8-6-22)17(18(25)26)14-9-12(19)3-4-15(14)27-2/h3-4,9-11,17H,5-8H2,1-2H3,(H,25,26)/t17-/m1/s1. The van der Waals surface area contributed by atoms with E-state index in [0.717, 1.165) is 0 Å². The molecule has 9 heteroatoms. The number of methoxy groups -OCH3 is 1. The van der Waals surface area contributed by atoms with Gasteiger partial charge in [-0.25, -0.2) is 9.07 Å². The lowest BCUT2D eigenvalue weighted by atomic mass is 10.0. The van der Waals surface area contributed by atoms with E-state index in [-0.39, 0.29) is 11.1 Å². The van der Waals surface area contributed by atoms with Gasteiger partial charge in [0.1, 0.15) is 17.6 Å². The molecule has 1 N–H and O–H groups in total. The molecular formula is C18H21FN4O4. The van der Waals surface area contributed by atoms with Crippen molar-refractivity contribution in [2.45, 2.75) is 6.04 Å². The van der Waals surface area contributed by atoms with E-state index in [1.807, 2.05) is 4.90 Å². The number of halogens is 1. The molecule has 1 aliphatic rings. The Bertz CT molecular complexity index is 893. The molecule has 1 aromatic carbocycles. The number of aromatic nitrogens is 2. The first-order valence-electron chi connectivity index (χ1n) is 8.49. The minimum Gasteiger partial charge on any atom is -0.496 e. The second kappa shape index (κ2) is 7.75. The van der Waals surface area contributed by atoms with Gasteiger partial charge in [-0.15, -0.1) is 0 Å². The third-order valence-corrected chi connectivity index (χ3v) is 4.72. The molecule has 8 nitrogen and oxygen atoms in total. The van der Waals surface area contributed by atoms with E-state index in [2.05, 4.69) is 5.10 Å². The van der Waals surface area contributed by atoms with Crippen LogP contribution in [0.5, 0.6) is 5.75 Å². The second-order valence-corrected chi connectivity index (χ2v) is 6.33. The first-order valence-corrected chi connectivity index (χ1v) is 8.49. The maximum atomic E-state index is 13.7. The number of rotatable bonds is 5. The Morgan fingerprint density at radius 2 is 1.96 bits per heavy atom. The Morgan fingerprint density at radius 1 is 1.26 bits per heavy atom. The smallest absolute Gasteiger partial charge is 0.325 e. The van der Waals surface area contributed by atoms with Gasteiger partial charge in [0.15, 0.2) is 0 Å². The first kappa shape index (κ1) is 18.8. The van der Waals surface area contributed by atoms with Crippen LogP contribution < -0.4 is 15.2 Å². The van der Waals surface area contributed by atoms with Gasteiger partial charge in [0.05, 0.1) is 19.0 Å². The van der Waals surface area contributed by atoms with Crippen LogP contribution >= 0.6 is 0 Å². The van der Waals surface area contributed by atoms with Gasteiger partial charge in [-0.2, -0.15) is 5.10 Å². The van der Waals surface area contributed by atoms with E-state index in [0.29, 0.717) is 37.6 Å². The summed E-state index contributed by atoms with van der Waals surface area (Å²) in [5, 5.41) is 13.8. The van der Waals surface area contributed by atoms with E-state index >= 15 is 0 Å². The van der Waals surface area contributed by atoms with Crippen molar-refractivity contribution in [2.75, 3.05) is 38.2 Å². The maximum absolute atomic E-state index is 13.7. The summed E-state index contributed by atoms with van der Waals surface area (Å²) in [7, 11) is 3.00. The summed E-state index contributed by atoms with van der Waals surface area (Å²) in [6, 6.07) is 4.37. The van der Waals surface area contributed by atoms with Crippen molar-refractivity contribution in [3.8, 4) is 5.75 Å². The lowest BCUT2D eigenvalue weighted by Crippen LogP contribution is -2.49. The number of benzene rings is 1. The van der Waals surface area contributed by atoms with Crippen molar-refractivity contribution >= 4 is 11.7 Å². The van der Waals surface area contributed by atoms with Crippen LogP contribution in [0.1, 0.15) is 11.6 Å². The van der Waals surface area contributed by atoms with E-state index in [9.17, 15) is 19.1 Å². The highest BCUT2D eigenvalue weighted by molar-refractivity contribution is 5.77. The molecule has 1 atom stereocenters. The molecule has 1 aliphatic heterocycles. The zero-order valence-corrected chi connectivity index (χ0v) is 15.1. The summed E-state index contributed by atoms with van der Waals surface area (Å²) in [6.07, 6.45) is 1.61. The van der Waals surface area contributed by atoms with Gasteiger partial charge < -0.3 is 14.7 Å². The molecule has 2 aromatic rings. The average molecular weight is 376 g/mol. The van der Waals surface area contributed by atoms with Gasteiger partial charge in [0.2, 0.25) is 0 Å². The third kappa shape index (κ3) is 3.92. The number of aliphatic carboxylic acids is 1. The summed E-state index contributed by atoms with van der Waals surface area (Å²) in [5.74, 6) is -1.24. The van der Waals surface area contributed by atoms with Crippen molar-refractivity contribution < 1.29 is 19.0 Å². The fraction of sp³-hybridized carbons (Fsp3) is 0.389. The number of nitrogens with zero attached hydrogens (tertiary/aromatic N) is 4. The third-order valence-electron chi connectivity index (χ3n) is 4.72. The van der Waals surface area contributed by atoms with E-state index < -0.39 is 17.8 Å². The molecule has 0 amide bonds. The van der Waals surface area contributed by atoms with Crippen LogP contribution in [-0.4, -0.2) is 59.0 Å². The maximum Gasteiger partial charge on any atom is 0.325 e. The van der Waals surface area contributed by atoms with Gasteiger partial charge >= 0.3 is 5.97 Å². The van der Waals surface area contributed by atoms with Crippen LogP contribution in [0, 0.1) is 5.82 Å². The van der Waals surface area contributed by atoms with Crippen molar-refractivity contribution in [3.05, 3.63) is 52.2 Å². The number of hydrogen-bond acceptors (Lipinski definition) is 6. The summed E-state index contributed by atoms with van der Waals surface area (Å²) in [6.45, 7) is 1.92. The Hall–Kier alpha value is -2.94. The molecule has 0 aliphatic carbocycles. The van der Waals surface area contributed by atoms with Crippen LogP contribution in [0.25, 0.3) is 0 Å². The van der Waals surface area contributed by atoms with Crippen molar-refractivity contribution in [1.29, 1.82) is 0 Å². The minimum atomic E-state index is -1.07. The fourth-order valence-corrected chi connectivity index (χ4v) is 3.28. The largest absolute Gasteiger partial charge is 0.496 e. The van der Waals surface area contributed by atoms with Gasteiger partial charge in [0.25, 0.3) is 5.56 Å². The minimum absolute atomic E-state index is 0.206. The van der Waals surface area contributed by atoms with E-state index in [1.165, 1.54) is 36.1 Å². The Morgan fingerprint density at radius 3 is 2.56 bits per heavy atom. The highest BCUT2D eigenvalue weighted by Crippen LogP contribution is 2.31. The van der Waals surface area contributed by atoms with E-state index in [4.69, 9.17) is 4.74 Å². The van der Waals surface area contributed by atoms with Gasteiger partial charge in [0, 0.05) is 44.9 Å². The monoisotopic (exact) mass is 376 g/mol. The Kier molecular flexibility index (Phi) is 5.41. The lowest BCUT2D eigenvalue weighted by molar-refractivity contribution is -0.143. The summed E-state index contributed by atoms with van der Waals surface area (Å²) < 4.78 is 20.2. The number of carbonyl (C=O) groups is 1. The molecule has 0 saturated carbocycles. The number of ether oxygens (including phenoxy) is 1. The first-order chi connectivity index (χ1) is 12.9. The predicted molar refractivity (Wildman–Crippen MR) is 96.6 cm³/mol. The molecule has 144 valence electrons. The molecule has 0 radical (unpaired) electrons. The Labute approximate surface area is 155 Å². The SMILES string of the molecule is COc1ccc(F)cc1[C@H](C(=O)O)N1CCN(c2cnn(C)c(=O)c2)CC1. The van der Waals surface area contributed by atoms with Crippen molar-refractivity contribution in [2.24, 2.45) is 7.05 Å². The van der Waals surface area contributed by atoms with Crippen LogP contribution in [0.4, 0.5) is 10.1 Å². The zero-order valence-electron chi connectivity index (χ0n) is 15.1. The van der Waals surface area contributed by atoms with Crippen LogP contribution in [0.2, 0.25) is 0 Å². The predicted octanol–water partition coefficient (Wildman–Crippen LogP) is 0.876. The molecule has 2 heterocycles. The topological polar surface area (TPSA) is 87.9 Å². The highest BCUT2D eigenvalue weighted by Gasteiger charge is 2.33. The number of piperazine rings is 1. The van der Waals surface area contributed by atoms with Gasteiger partial charge in [-0.05, 0) is 18.2 Å². The number of carboxylic acid groups (broad SMARTS) is 1. The molecule has 1 fully saturated rings. The van der Waals surface area contributed by atoms with Crippen LogP contribution in [0.3, 0.4) is 0 Å². The molecule has 3 rings (SSSR count). The number of hydrogen-bond donors (Lipinski definition) is 1. The van der Waals surface area contributed by atoms with E-state index in [1.54, 1.807) is 18.1 Å². The molecule has 27 heavy (non-hydrogen) atoms. The molecule has 1 saturated heterocycles. The van der Waals surface area contributed by atoms with Crippen LogP contribution in [0.15, 0.2) is 35.3 Å². The highest BCUT2D eigenvalue weighted by atomic mass is 19.1. The fourth-order valence-electron chi connectivity index (χ4n) is 3.28. The summed E-state index contributed by atoms with van der Waals surface area (Å²) >= 11 is 0. The molecule has 0 unspecified atom stereocenters. The number of carboxylic acids is 1. The Balaban J connectivity index is 1.80. The average Bonchev–Trinajstić information content (AvgIpc) is 2.65. The molecule has 0 bridgehead atoms. The van der Waals surface area contributed by atoms with Crippen LogP contribution in [-0.2, 0) is 11.8 Å².